The number of anilines is 1. The first-order valence-corrected chi connectivity index (χ1v) is 4.59. The lowest BCUT2D eigenvalue weighted by Gasteiger charge is -2.19. The maximum Gasteiger partial charge on any atom is 0.414 e. The summed E-state index contributed by atoms with van der Waals surface area (Å²) in [5.41, 5.74) is -0.569. The minimum atomic E-state index is -0.634. The van der Waals surface area contributed by atoms with Gasteiger partial charge in [-0.15, -0.1) is 0 Å². The van der Waals surface area contributed by atoms with Crippen LogP contribution >= 0.6 is 11.6 Å². The van der Waals surface area contributed by atoms with Gasteiger partial charge in [-0.1, -0.05) is 0 Å². The zero-order chi connectivity index (χ0) is 11.5. The van der Waals surface area contributed by atoms with Crippen LogP contribution in [0.5, 0.6) is 0 Å². The van der Waals surface area contributed by atoms with Crippen LogP contribution in [-0.2, 0) is 4.74 Å². The van der Waals surface area contributed by atoms with E-state index in [9.17, 15) is 4.79 Å². The summed E-state index contributed by atoms with van der Waals surface area (Å²) in [6, 6.07) is 0. The van der Waals surface area contributed by atoms with E-state index in [0.717, 1.165) is 0 Å². The molecule has 0 aliphatic rings. The Bertz CT molecular complexity index is 364. The summed E-state index contributed by atoms with van der Waals surface area (Å²) in [5.74, 6) is 0.0595. The predicted molar refractivity (Wildman–Crippen MR) is 54.7 cm³/mol. The average Bonchev–Trinajstić information content (AvgIpc) is 1.99. The minimum absolute atomic E-state index is 0.0102. The van der Waals surface area contributed by atoms with Crippen LogP contribution in [0, 0.1) is 0 Å². The first-order valence-electron chi connectivity index (χ1n) is 4.21. The minimum Gasteiger partial charge on any atom is -0.444 e. The summed E-state index contributed by atoms with van der Waals surface area (Å²) in [6.07, 6.45) is 0.562. The zero-order valence-corrected chi connectivity index (χ0v) is 9.37. The molecule has 0 atom stereocenters. The molecule has 0 unspecified atom stereocenters. The van der Waals surface area contributed by atoms with E-state index in [4.69, 9.17) is 16.3 Å². The number of hydrogen-bond acceptors (Lipinski definition) is 5. The van der Waals surface area contributed by atoms with Gasteiger partial charge in [-0.25, -0.2) is 14.8 Å². The number of carbonyl (C=O) groups is 1. The molecular weight excluding hydrogens is 220 g/mol. The van der Waals surface area contributed by atoms with Crippen LogP contribution in [-0.4, -0.2) is 26.6 Å². The third-order valence-electron chi connectivity index (χ3n) is 1.16. The van der Waals surface area contributed by atoms with E-state index in [-0.39, 0.29) is 11.2 Å². The van der Waals surface area contributed by atoms with E-state index in [0.29, 0.717) is 0 Å². The molecule has 6 nitrogen and oxygen atoms in total. The van der Waals surface area contributed by atoms with Crippen LogP contribution in [0.1, 0.15) is 20.8 Å². The van der Waals surface area contributed by atoms with Gasteiger partial charge in [-0.05, 0) is 32.4 Å². The summed E-state index contributed by atoms with van der Waals surface area (Å²) in [4.78, 5) is 22.2. The van der Waals surface area contributed by atoms with Gasteiger partial charge in [0, 0.05) is 0 Å². The highest BCUT2D eigenvalue weighted by Crippen LogP contribution is 2.09. The SMILES string of the molecule is CC(C)(C)OC(=O)Nc1ncnc(Cl)n1. The molecule has 0 fully saturated rings. The first-order chi connectivity index (χ1) is 6.87. The third-order valence-corrected chi connectivity index (χ3v) is 1.34. The van der Waals surface area contributed by atoms with E-state index < -0.39 is 11.7 Å². The lowest BCUT2D eigenvalue weighted by molar-refractivity contribution is 0.0634. The fourth-order valence-electron chi connectivity index (χ4n) is 0.731. The molecule has 0 aliphatic heterocycles. The fraction of sp³-hybridized carbons (Fsp3) is 0.500. The van der Waals surface area contributed by atoms with Gasteiger partial charge in [-0.3, -0.25) is 5.32 Å². The molecule has 1 rings (SSSR count). The van der Waals surface area contributed by atoms with Crippen LogP contribution in [0.2, 0.25) is 5.28 Å². The maximum atomic E-state index is 11.3. The zero-order valence-electron chi connectivity index (χ0n) is 8.61. The molecule has 0 aliphatic carbocycles. The molecule has 0 saturated heterocycles. The number of rotatable bonds is 1. The highest BCUT2D eigenvalue weighted by atomic mass is 35.5. The van der Waals surface area contributed by atoms with Crippen molar-refractivity contribution in [3.05, 3.63) is 11.6 Å². The monoisotopic (exact) mass is 230 g/mol. The molecule has 15 heavy (non-hydrogen) atoms. The van der Waals surface area contributed by atoms with Gasteiger partial charge in [0.2, 0.25) is 11.2 Å². The van der Waals surface area contributed by atoms with Crippen molar-refractivity contribution in [1.29, 1.82) is 0 Å². The molecule has 1 N–H and O–H groups in total. The van der Waals surface area contributed by atoms with Crippen molar-refractivity contribution in [3.63, 3.8) is 0 Å². The number of ether oxygens (including phenoxy) is 1. The van der Waals surface area contributed by atoms with Gasteiger partial charge < -0.3 is 4.74 Å². The number of aromatic nitrogens is 3. The fourth-order valence-corrected chi connectivity index (χ4v) is 0.855. The summed E-state index contributed by atoms with van der Waals surface area (Å²) in [7, 11) is 0. The smallest absolute Gasteiger partial charge is 0.414 e. The molecule has 1 amide bonds. The summed E-state index contributed by atoms with van der Waals surface area (Å²) in [6.45, 7) is 5.27. The largest absolute Gasteiger partial charge is 0.444 e. The van der Waals surface area contributed by atoms with Crippen LogP contribution in [0.25, 0.3) is 0 Å². The number of halogens is 1. The van der Waals surface area contributed by atoms with Crippen molar-refractivity contribution in [2.75, 3.05) is 5.32 Å². The number of nitrogens with zero attached hydrogens (tertiary/aromatic N) is 3. The number of nitrogens with one attached hydrogen (secondary N) is 1. The first kappa shape index (κ1) is 11.6. The topological polar surface area (TPSA) is 77.0 Å². The van der Waals surface area contributed by atoms with Crippen molar-refractivity contribution in [2.24, 2.45) is 0 Å². The summed E-state index contributed by atoms with van der Waals surface area (Å²) >= 11 is 5.51. The molecule has 1 aromatic rings. The van der Waals surface area contributed by atoms with Crippen molar-refractivity contribution in [2.45, 2.75) is 26.4 Å². The average molecular weight is 231 g/mol. The second kappa shape index (κ2) is 4.39. The molecule has 0 saturated carbocycles. The Morgan fingerprint density at radius 1 is 1.47 bits per heavy atom. The molecule has 0 radical (unpaired) electrons. The molecule has 7 heteroatoms. The van der Waals surface area contributed by atoms with E-state index in [1.165, 1.54) is 6.33 Å². The number of carbonyl (C=O) groups excluding carboxylic acids is 1. The Labute approximate surface area is 92.0 Å². The summed E-state index contributed by atoms with van der Waals surface area (Å²) in [5, 5.41) is 2.34. The number of hydrogen-bond donors (Lipinski definition) is 1. The number of amides is 1. The quantitative estimate of drug-likeness (QED) is 0.797. The third kappa shape index (κ3) is 4.55. The molecule has 0 spiro atoms. The van der Waals surface area contributed by atoms with Gasteiger partial charge in [-0.2, -0.15) is 4.98 Å². The van der Waals surface area contributed by atoms with Crippen molar-refractivity contribution >= 4 is 23.6 Å². The Kier molecular flexibility index (Phi) is 3.41. The Morgan fingerprint density at radius 3 is 2.67 bits per heavy atom. The lowest BCUT2D eigenvalue weighted by Crippen LogP contribution is -2.27. The Balaban J connectivity index is 2.59. The van der Waals surface area contributed by atoms with E-state index in [1.807, 2.05) is 0 Å². The van der Waals surface area contributed by atoms with Crippen LogP contribution < -0.4 is 5.32 Å². The predicted octanol–water partition coefficient (Wildman–Crippen LogP) is 1.87. The van der Waals surface area contributed by atoms with E-state index >= 15 is 0 Å². The standard InChI is InChI=1S/C8H11ClN4O2/c1-8(2,3)15-7(14)13-6-11-4-10-5(9)12-6/h4H,1-3H3,(H,10,11,12,13,14). The second-order valence-corrected chi connectivity index (χ2v) is 4.04. The van der Waals surface area contributed by atoms with Gasteiger partial charge in [0.05, 0.1) is 0 Å². The normalized spacial score (nSPS) is 10.9. The molecule has 82 valence electrons. The van der Waals surface area contributed by atoms with Crippen LogP contribution in [0.3, 0.4) is 0 Å². The summed E-state index contributed by atoms with van der Waals surface area (Å²) < 4.78 is 4.99. The van der Waals surface area contributed by atoms with E-state index in [1.54, 1.807) is 20.8 Å². The molecular formula is C8H11ClN4O2. The van der Waals surface area contributed by atoms with Crippen molar-refractivity contribution < 1.29 is 9.53 Å². The van der Waals surface area contributed by atoms with Gasteiger partial charge in [0.1, 0.15) is 11.9 Å². The van der Waals surface area contributed by atoms with Crippen LogP contribution in [0.15, 0.2) is 6.33 Å². The van der Waals surface area contributed by atoms with Crippen molar-refractivity contribution in [1.82, 2.24) is 15.0 Å². The molecule has 0 bridgehead atoms. The lowest BCUT2D eigenvalue weighted by atomic mass is 10.2. The maximum absolute atomic E-state index is 11.3. The highest BCUT2D eigenvalue weighted by Gasteiger charge is 2.16. The van der Waals surface area contributed by atoms with E-state index in [2.05, 4.69) is 20.3 Å². The molecule has 1 heterocycles. The molecule has 0 aromatic carbocycles. The van der Waals surface area contributed by atoms with Gasteiger partial charge in [0.15, 0.2) is 0 Å². The molecule has 1 aromatic heterocycles. The Hall–Kier alpha value is -1.43. The van der Waals surface area contributed by atoms with Crippen molar-refractivity contribution in [3.8, 4) is 0 Å². The van der Waals surface area contributed by atoms with Crippen LogP contribution in [0.4, 0.5) is 10.7 Å². The van der Waals surface area contributed by atoms with Gasteiger partial charge in [0.25, 0.3) is 0 Å². The van der Waals surface area contributed by atoms with Gasteiger partial charge >= 0.3 is 6.09 Å². The second-order valence-electron chi connectivity index (χ2n) is 3.71. The Morgan fingerprint density at radius 2 is 2.13 bits per heavy atom. The highest BCUT2D eigenvalue weighted by molar-refractivity contribution is 6.28.